The summed E-state index contributed by atoms with van der Waals surface area (Å²) in [5.74, 6) is 0.402. The molecule has 0 saturated carbocycles. The zero-order valence-corrected chi connectivity index (χ0v) is 13.2. The van der Waals surface area contributed by atoms with E-state index in [2.05, 4.69) is 35.9 Å². The molecule has 5 heteroatoms. The molecule has 3 atom stereocenters. The van der Waals surface area contributed by atoms with Crippen LogP contribution in [0, 0.1) is 5.92 Å². The summed E-state index contributed by atoms with van der Waals surface area (Å²) in [5.41, 5.74) is 0. The fourth-order valence-electron chi connectivity index (χ4n) is 2.52. The minimum atomic E-state index is 0. The van der Waals surface area contributed by atoms with Crippen LogP contribution in [0.2, 0.25) is 0 Å². The number of carbonyl (C=O) groups excluding carboxylic acids is 1. The van der Waals surface area contributed by atoms with Gasteiger partial charge in [0, 0.05) is 16.8 Å². The molecule has 1 unspecified atom stereocenters. The summed E-state index contributed by atoms with van der Waals surface area (Å²) in [6.45, 7) is 5.22. The van der Waals surface area contributed by atoms with E-state index in [0.29, 0.717) is 6.04 Å². The normalized spacial score (nSPS) is 24.3. The molecule has 1 aromatic heterocycles. The lowest BCUT2D eigenvalue weighted by atomic mass is 9.92. The number of rotatable bonds is 4. The fraction of sp³-hybridized carbons (Fsp3) is 0.643. The number of thiophene rings is 1. The number of nitrogens with one attached hydrogen (secondary N) is 2. The lowest BCUT2D eigenvalue weighted by Gasteiger charge is -2.28. The molecule has 3 nitrogen and oxygen atoms in total. The molecule has 1 saturated heterocycles. The van der Waals surface area contributed by atoms with Crippen LogP contribution in [0.15, 0.2) is 17.5 Å². The summed E-state index contributed by atoms with van der Waals surface area (Å²) in [6.07, 6.45) is 2.86. The highest BCUT2D eigenvalue weighted by Crippen LogP contribution is 2.23. The van der Waals surface area contributed by atoms with Crippen LogP contribution >= 0.6 is 23.7 Å². The van der Waals surface area contributed by atoms with Crippen molar-refractivity contribution in [3.63, 3.8) is 0 Å². The summed E-state index contributed by atoms with van der Waals surface area (Å²) in [7, 11) is 0. The van der Waals surface area contributed by atoms with Crippen molar-refractivity contribution in [1.82, 2.24) is 10.6 Å². The van der Waals surface area contributed by atoms with Gasteiger partial charge in [-0.15, -0.1) is 23.7 Å². The Bertz CT molecular complexity index is 383. The Labute approximate surface area is 125 Å². The summed E-state index contributed by atoms with van der Waals surface area (Å²) in [5, 5.41) is 8.65. The summed E-state index contributed by atoms with van der Waals surface area (Å²) >= 11 is 1.72. The molecule has 1 aromatic rings. The number of halogens is 1. The van der Waals surface area contributed by atoms with Gasteiger partial charge in [0.25, 0.3) is 0 Å². The Hall–Kier alpha value is -0.580. The average Bonchev–Trinajstić information content (AvgIpc) is 2.89. The first kappa shape index (κ1) is 16.5. The van der Waals surface area contributed by atoms with Crippen LogP contribution in [0.1, 0.15) is 44.0 Å². The smallest absolute Gasteiger partial charge is 0.223 e. The van der Waals surface area contributed by atoms with Crippen molar-refractivity contribution in [3.05, 3.63) is 22.4 Å². The van der Waals surface area contributed by atoms with Gasteiger partial charge in [-0.25, -0.2) is 0 Å². The highest BCUT2D eigenvalue weighted by molar-refractivity contribution is 7.10. The van der Waals surface area contributed by atoms with Gasteiger partial charge in [0.15, 0.2) is 0 Å². The first-order valence-corrected chi connectivity index (χ1v) is 7.65. The molecule has 108 valence electrons. The quantitative estimate of drug-likeness (QED) is 0.897. The molecular formula is C14H23ClN2OS. The molecule has 2 rings (SSSR count). The molecule has 0 aliphatic carbocycles. The van der Waals surface area contributed by atoms with Gasteiger partial charge in [-0.2, -0.15) is 0 Å². The maximum atomic E-state index is 12.3. The van der Waals surface area contributed by atoms with Gasteiger partial charge < -0.3 is 10.6 Å². The zero-order chi connectivity index (χ0) is 13.0. The molecular weight excluding hydrogens is 280 g/mol. The molecule has 0 radical (unpaired) electrons. The first-order valence-electron chi connectivity index (χ1n) is 6.77. The van der Waals surface area contributed by atoms with Crippen LogP contribution in [0.4, 0.5) is 0 Å². The monoisotopic (exact) mass is 302 g/mol. The van der Waals surface area contributed by atoms with E-state index in [4.69, 9.17) is 0 Å². The summed E-state index contributed by atoms with van der Waals surface area (Å²) in [4.78, 5) is 13.5. The topological polar surface area (TPSA) is 41.1 Å². The van der Waals surface area contributed by atoms with Crippen LogP contribution in [-0.2, 0) is 4.79 Å². The van der Waals surface area contributed by atoms with Gasteiger partial charge in [0.2, 0.25) is 5.91 Å². The highest BCUT2D eigenvalue weighted by atomic mass is 35.5. The molecule has 0 bridgehead atoms. The van der Waals surface area contributed by atoms with Crippen LogP contribution in [0.25, 0.3) is 0 Å². The zero-order valence-electron chi connectivity index (χ0n) is 11.5. The molecule has 0 aromatic carbocycles. The molecule has 1 amide bonds. The van der Waals surface area contributed by atoms with Gasteiger partial charge >= 0.3 is 0 Å². The van der Waals surface area contributed by atoms with E-state index in [1.54, 1.807) is 11.3 Å². The van der Waals surface area contributed by atoms with Crippen molar-refractivity contribution in [2.24, 2.45) is 5.92 Å². The second-order valence-electron chi connectivity index (χ2n) is 5.06. The second kappa shape index (κ2) is 7.88. The fourth-order valence-corrected chi connectivity index (χ4v) is 3.38. The van der Waals surface area contributed by atoms with Crippen LogP contribution in [0.5, 0.6) is 0 Å². The number of carbonyl (C=O) groups is 1. The third kappa shape index (κ3) is 4.48. The Balaban J connectivity index is 0.00000180. The SMILES string of the molecule is CCC(NC(=O)[C@H]1CCN[C@@H](C)C1)c1cccs1.Cl. The average molecular weight is 303 g/mol. The van der Waals surface area contributed by atoms with Crippen molar-refractivity contribution in [1.29, 1.82) is 0 Å². The third-order valence-electron chi connectivity index (χ3n) is 3.61. The minimum Gasteiger partial charge on any atom is -0.348 e. The van der Waals surface area contributed by atoms with Crippen molar-refractivity contribution in [2.45, 2.75) is 45.2 Å². The van der Waals surface area contributed by atoms with Gasteiger partial charge in [0.05, 0.1) is 6.04 Å². The number of piperidine rings is 1. The first-order chi connectivity index (χ1) is 8.70. The Morgan fingerprint density at radius 3 is 3.00 bits per heavy atom. The van der Waals surface area contributed by atoms with E-state index < -0.39 is 0 Å². The maximum absolute atomic E-state index is 12.3. The van der Waals surface area contributed by atoms with E-state index >= 15 is 0 Å². The Morgan fingerprint density at radius 1 is 1.63 bits per heavy atom. The van der Waals surface area contributed by atoms with E-state index in [1.165, 1.54) is 4.88 Å². The number of amides is 1. The van der Waals surface area contributed by atoms with Crippen LogP contribution < -0.4 is 10.6 Å². The van der Waals surface area contributed by atoms with E-state index in [0.717, 1.165) is 25.8 Å². The van der Waals surface area contributed by atoms with Gasteiger partial charge in [-0.3, -0.25) is 4.79 Å². The predicted molar refractivity (Wildman–Crippen MR) is 82.9 cm³/mol. The summed E-state index contributed by atoms with van der Waals surface area (Å²) in [6, 6.07) is 4.78. The minimum absolute atomic E-state index is 0. The molecule has 0 spiro atoms. The predicted octanol–water partition coefficient (Wildman–Crippen LogP) is 3.13. The van der Waals surface area contributed by atoms with Gasteiger partial charge in [-0.1, -0.05) is 13.0 Å². The molecule has 1 fully saturated rings. The lowest BCUT2D eigenvalue weighted by molar-refractivity contribution is -0.126. The third-order valence-corrected chi connectivity index (χ3v) is 4.59. The van der Waals surface area contributed by atoms with E-state index in [-0.39, 0.29) is 30.3 Å². The summed E-state index contributed by atoms with van der Waals surface area (Å²) < 4.78 is 0. The van der Waals surface area contributed by atoms with Gasteiger partial charge in [-0.05, 0) is 44.2 Å². The van der Waals surface area contributed by atoms with Gasteiger partial charge in [0.1, 0.15) is 0 Å². The molecule has 19 heavy (non-hydrogen) atoms. The van der Waals surface area contributed by atoms with Crippen LogP contribution in [0.3, 0.4) is 0 Å². The molecule has 1 aliphatic rings. The maximum Gasteiger partial charge on any atom is 0.223 e. The van der Waals surface area contributed by atoms with Crippen molar-refractivity contribution in [2.75, 3.05) is 6.54 Å². The van der Waals surface area contributed by atoms with Crippen molar-refractivity contribution >= 4 is 29.7 Å². The van der Waals surface area contributed by atoms with E-state index in [9.17, 15) is 4.79 Å². The molecule has 2 heterocycles. The lowest BCUT2D eigenvalue weighted by Crippen LogP contribution is -2.43. The van der Waals surface area contributed by atoms with Crippen molar-refractivity contribution in [3.8, 4) is 0 Å². The molecule has 2 N–H and O–H groups in total. The van der Waals surface area contributed by atoms with Crippen LogP contribution in [-0.4, -0.2) is 18.5 Å². The van der Waals surface area contributed by atoms with E-state index in [1.807, 2.05) is 6.07 Å². The Kier molecular flexibility index (Phi) is 6.83. The Morgan fingerprint density at radius 2 is 2.42 bits per heavy atom. The largest absolute Gasteiger partial charge is 0.348 e. The van der Waals surface area contributed by atoms with Crippen molar-refractivity contribution < 1.29 is 4.79 Å². The molecule has 1 aliphatic heterocycles. The second-order valence-corrected chi connectivity index (χ2v) is 6.04. The standard InChI is InChI=1S/C14H22N2OS.ClH/c1-3-12(13-5-4-8-18-13)16-14(17)11-6-7-15-10(2)9-11;/h4-5,8,10-12,15H,3,6-7,9H2,1-2H3,(H,16,17);1H/t10-,11-,12?;/m0./s1. The number of hydrogen-bond acceptors (Lipinski definition) is 3. The highest BCUT2D eigenvalue weighted by Gasteiger charge is 2.26. The number of hydrogen-bond donors (Lipinski definition) is 2.